The molecule has 1 saturated heterocycles. The van der Waals surface area contributed by atoms with Crippen LogP contribution in [-0.2, 0) is 28.8 Å². The summed E-state index contributed by atoms with van der Waals surface area (Å²) < 4.78 is 0. The molecule has 0 aromatic heterocycles. The Morgan fingerprint density at radius 3 is 2.09 bits per heavy atom. The lowest BCUT2D eigenvalue weighted by Gasteiger charge is -2.31. The minimum Gasteiger partial charge on any atom is -0.394 e. The van der Waals surface area contributed by atoms with E-state index in [9.17, 15) is 39.0 Å². The van der Waals surface area contributed by atoms with Gasteiger partial charge in [0.25, 0.3) is 0 Å². The summed E-state index contributed by atoms with van der Waals surface area (Å²) in [5.41, 5.74) is 10.8. The minimum absolute atomic E-state index is 0.126. The van der Waals surface area contributed by atoms with Crippen molar-refractivity contribution in [2.45, 2.75) is 103 Å². The molecule has 7 atom stereocenters. The lowest BCUT2D eigenvalue weighted by Crippen LogP contribution is -2.62. The highest BCUT2D eigenvalue weighted by Crippen LogP contribution is 2.20. The van der Waals surface area contributed by atoms with Crippen molar-refractivity contribution in [1.82, 2.24) is 31.5 Å². The van der Waals surface area contributed by atoms with Crippen LogP contribution in [0, 0.1) is 5.92 Å². The van der Waals surface area contributed by atoms with E-state index in [0.29, 0.717) is 38.8 Å². The number of hydrogen-bond donors (Lipinski definition) is 9. The van der Waals surface area contributed by atoms with Gasteiger partial charge < -0.3 is 53.2 Å². The number of amides is 6. The molecule has 0 unspecified atom stereocenters. The van der Waals surface area contributed by atoms with Crippen LogP contribution in [0.3, 0.4) is 0 Å². The Balaban J connectivity index is 3.22. The number of nitrogens with one attached hydrogen (secondary N) is 5. The Morgan fingerprint density at radius 1 is 0.933 bits per heavy atom. The zero-order chi connectivity index (χ0) is 34.3. The van der Waals surface area contributed by atoms with Gasteiger partial charge in [0.1, 0.15) is 30.2 Å². The summed E-state index contributed by atoms with van der Waals surface area (Å²) in [7, 11) is 0. The first kappa shape index (κ1) is 39.0. The van der Waals surface area contributed by atoms with Crippen LogP contribution in [-0.4, -0.2) is 119 Å². The van der Waals surface area contributed by atoms with Crippen molar-refractivity contribution in [2.24, 2.45) is 22.4 Å². The van der Waals surface area contributed by atoms with Crippen molar-refractivity contribution in [2.75, 3.05) is 26.2 Å². The van der Waals surface area contributed by atoms with Gasteiger partial charge in [-0.2, -0.15) is 0 Å². The maximum absolute atomic E-state index is 13.7. The number of carbonyl (C=O) groups excluding carboxylic acids is 6. The maximum atomic E-state index is 13.7. The van der Waals surface area contributed by atoms with Gasteiger partial charge in [0.15, 0.2) is 5.96 Å². The second-order valence-electron chi connectivity index (χ2n) is 11.1. The number of guanidine groups is 1. The van der Waals surface area contributed by atoms with Crippen LogP contribution in [0.25, 0.3) is 0 Å². The van der Waals surface area contributed by atoms with E-state index in [-0.39, 0.29) is 24.8 Å². The molecular formula is C28H51N9O8. The number of aliphatic imine (C=N–C) groups is 1. The molecule has 256 valence electrons. The molecule has 0 aliphatic carbocycles. The summed E-state index contributed by atoms with van der Waals surface area (Å²) in [5, 5.41) is 32.3. The van der Waals surface area contributed by atoms with Crippen LogP contribution in [0.5, 0.6) is 0 Å². The van der Waals surface area contributed by atoms with Gasteiger partial charge in [-0.3, -0.25) is 33.8 Å². The first-order valence-corrected chi connectivity index (χ1v) is 15.3. The average Bonchev–Trinajstić information content (AvgIpc) is 3.47. The van der Waals surface area contributed by atoms with Gasteiger partial charge in [0, 0.05) is 26.6 Å². The number of likely N-dealkylation sites (N-methyl/N-ethyl adjacent to an activating group) is 1. The number of aliphatic hydroxyl groups excluding tert-OH is 2. The summed E-state index contributed by atoms with van der Waals surface area (Å²) in [4.78, 5) is 82.7. The molecule has 1 aliphatic rings. The lowest BCUT2D eigenvalue weighted by molar-refractivity contribution is -0.142. The Morgan fingerprint density at radius 2 is 1.56 bits per heavy atom. The molecule has 17 nitrogen and oxygen atoms in total. The van der Waals surface area contributed by atoms with Crippen LogP contribution in [0.2, 0.25) is 0 Å². The van der Waals surface area contributed by atoms with E-state index >= 15 is 0 Å². The first-order valence-electron chi connectivity index (χ1n) is 15.3. The number of nitrogens with two attached hydrogens (primary N) is 2. The smallest absolute Gasteiger partial charge is 0.245 e. The molecule has 0 bridgehead atoms. The number of hydrogen-bond acceptors (Lipinski definition) is 9. The zero-order valence-corrected chi connectivity index (χ0v) is 26.8. The van der Waals surface area contributed by atoms with Crippen molar-refractivity contribution in [1.29, 1.82) is 0 Å². The largest absolute Gasteiger partial charge is 0.394 e. The van der Waals surface area contributed by atoms with E-state index in [4.69, 9.17) is 11.5 Å². The highest BCUT2D eigenvalue weighted by Gasteiger charge is 2.39. The SMILES string of the molecule is CCNC(=O)[C@@H]1CCCN1C(=O)[C@H](CCCN=C(N)N)NC(=O)[C@@H](NC(=O)[C@@H](NC(=O)[C@H](CO)NC(C)=O)[C@@H](C)O)[C@@H](C)CC. The van der Waals surface area contributed by atoms with Crippen LogP contribution in [0.1, 0.15) is 66.7 Å². The predicted molar refractivity (Wildman–Crippen MR) is 165 cm³/mol. The quantitative estimate of drug-likeness (QED) is 0.0405. The number of carbonyl (C=O) groups is 6. The second kappa shape index (κ2) is 19.4. The van der Waals surface area contributed by atoms with Gasteiger partial charge >= 0.3 is 0 Å². The van der Waals surface area contributed by atoms with E-state index in [0.717, 1.165) is 6.92 Å². The normalized spacial score (nSPS) is 18.3. The molecule has 0 aromatic rings. The fourth-order valence-corrected chi connectivity index (χ4v) is 4.86. The topological polar surface area (TPSA) is 271 Å². The van der Waals surface area contributed by atoms with Crippen molar-refractivity contribution in [3.63, 3.8) is 0 Å². The molecule has 1 heterocycles. The fraction of sp³-hybridized carbons (Fsp3) is 0.750. The molecular weight excluding hydrogens is 590 g/mol. The standard InChI is InChI=1S/C28H51N9O8/c1-6-15(3)21(35-26(44)22(16(4)39)36-23(41)19(14-38)33-17(5)40)25(43)34-18(10-8-12-32-28(29)30)27(45)37-13-9-11-20(37)24(42)31-7-2/h15-16,18-22,38-39H,6-14H2,1-5H3,(H,31,42)(H,33,40)(H,34,43)(H,35,44)(H,36,41)(H4,29,30,32)/t15-,16+,18-,19-,20-,21-,22-/m0/s1. The van der Waals surface area contributed by atoms with Crippen LogP contribution < -0.4 is 38.1 Å². The van der Waals surface area contributed by atoms with Gasteiger partial charge in [-0.05, 0) is 45.4 Å². The van der Waals surface area contributed by atoms with Crippen molar-refractivity contribution in [3.8, 4) is 0 Å². The van der Waals surface area contributed by atoms with Crippen molar-refractivity contribution >= 4 is 41.4 Å². The minimum atomic E-state index is -1.54. The molecule has 17 heteroatoms. The number of likely N-dealkylation sites (tertiary alicyclic amines) is 1. The van der Waals surface area contributed by atoms with Crippen molar-refractivity contribution < 1.29 is 39.0 Å². The third kappa shape index (κ3) is 12.5. The Hall–Kier alpha value is -3.99. The Bertz CT molecular complexity index is 1070. The average molecular weight is 642 g/mol. The maximum Gasteiger partial charge on any atom is 0.245 e. The van der Waals surface area contributed by atoms with Gasteiger partial charge in [-0.15, -0.1) is 0 Å². The Labute approximate surface area is 263 Å². The third-order valence-electron chi connectivity index (χ3n) is 7.48. The molecule has 45 heavy (non-hydrogen) atoms. The van der Waals surface area contributed by atoms with Crippen LogP contribution >= 0.6 is 0 Å². The van der Waals surface area contributed by atoms with Gasteiger partial charge in [0.05, 0.1) is 12.7 Å². The number of rotatable bonds is 18. The van der Waals surface area contributed by atoms with Crippen LogP contribution in [0.4, 0.5) is 0 Å². The first-order chi connectivity index (χ1) is 21.2. The molecule has 0 spiro atoms. The van der Waals surface area contributed by atoms with Crippen LogP contribution in [0.15, 0.2) is 4.99 Å². The molecule has 0 radical (unpaired) electrons. The van der Waals surface area contributed by atoms with Crippen molar-refractivity contribution in [3.05, 3.63) is 0 Å². The third-order valence-corrected chi connectivity index (χ3v) is 7.48. The van der Waals surface area contributed by atoms with Gasteiger partial charge in [-0.1, -0.05) is 20.3 Å². The highest BCUT2D eigenvalue weighted by atomic mass is 16.3. The lowest BCUT2D eigenvalue weighted by atomic mass is 9.96. The molecule has 1 aliphatic heterocycles. The summed E-state index contributed by atoms with van der Waals surface area (Å²) in [6.07, 6.45) is 0.568. The second-order valence-corrected chi connectivity index (χ2v) is 11.1. The highest BCUT2D eigenvalue weighted by molar-refractivity contribution is 5.96. The van der Waals surface area contributed by atoms with E-state index < -0.39 is 78.4 Å². The molecule has 1 fully saturated rings. The fourth-order valence-electron chi connectivity index (χ4n) is 4.86. The molecule has 6 amide bonds. The molecule has 0 aromatic carbocycles. The Kier molecular flexibility index (Phi) is 16.8. The molecule has 0 saturated carbocycles. The van der Waals surface area contributed by atoms with E-state index in [2.05, 4.69) is 31.6 Å². The van der Waals surface area contributed by atoms with Gasteiger partial charge in [-0.25, -0.2) is 0 Å². The van der Waals surface area contributed by atoms with E-state index in [1.165, 1.54) is 11.8 Å². The zero-order valence-electron chi connectivity index (χ0n) is 26.8. The predicted octanol–water partition coefficient (Wildman–Crippen LogP) is -3.45. The van der Waals surface area contributed by atoms with Gasteiger partial charge in [0.2, 0.25) is 35.4 Å². The molecule has 1 rings (SSSR count). The summed E-state index contributed by atoms with van der Waals surface area (Å²) in [6, 6.07) is -5.85. The summed E-state index contributed by atoms with van der Waals surface area (Å²) in [6.45, 7) is 7.84. The molecule has 11 N–H and O–H groups in total. The van der Waals surface area contributed by atoms with E-state index in [1.54, 1.807) is 20.8 Å². The van der Waals surface area contributed by atoms with E-state index in [1.807, 2.05) is 0 Å². The number of aliphatic hydroxyl groups is 2. The monoisotopic (exact) mass is 641 g/mol. The number of nitrogens with zero attached hydrogens (tertiary/aromatic N) is 2. The summed E-state index contributed by atoms with van der Waals surface area (Å²) in [5.74, 6) is -4.42. The summed E-state index contributed by atoms with van der Waals surface area (Å²) >= 11 is 0.